The van der Waals surface area contributed by atoms with Crippen molar-refractivity contribution < 1.29 is 4.74 Å². The van der Waals surface area contributed by atoms with Gasteiger partial charge in [0, 0.05) is 18.3 Å². The Morgan fingerprint density at radius 3 is 2.64 bits per heavy atom. The molecule has 1 aliphatic rings. The van der Waals surface area contributed by atoms with Crippen LogP contribution < -0.4 is 4.74 Å². The number of piperidine rings is 1. The van der Waals surface area contributed by atoms with Gasteiger partial charge in [-0.1, -0.05) is 30.5 Å². The van der Waals surface area contributed by atoms with E-state index in [1.807, 2.05) is 42.5 Å². The molecule has 0 atom stereocenters. The fraction of sp³-hybridized carbons (Fsp3) is 0.348. The Kier molecular flexibility index (Phi) is 6.11. The summed E-state index contributed by atoms with van der Waals surface area (Å²) in [6.07, 6.45) is 6.66. The second-order valence-corrected chi connectivity index (χ2v) is 6.94. The Balaban J connectivity index is 1.49. The van der Waals surface area contributed by atoms with Crippen LogP contribution in [0.4, 0.5) is 0 Å². The average Bonchev–Trinajstić information content (AvgIpc) is 2.76. The standard InChI is InChI=1S/C23H24N4O/c1-3-9-19(10-4-1)12-13-21-23(26-20-11-7-14-24-22(20)25-21)28-18-8-17-27-15-5-2-6-16-27/h1,3-4,7,9-11,14H,2,5-6,8,15-18H2. The second-order valence-electron chi connectivity index (χ2n) is 6.94. The van der Waals surface area contributed by atoms with Crippen molar-refractivity contribution >= 4 is 11.2 Å². The van der Waals surface area contributed by atoms with Crippen molar-refractivity contribution in [2.24, 2.45) is 0 Å². The first-order valence-corrected chi connectivity index (χ1v) is 9.93. The van der Waals surface area contributed by atoms with Crippen LogP contribution in [0.5, 0.6) is 5.88 Å². The van der Waals surface area contributed by atoms with Gasteiger partial charge in [0.05, 0.1) is 6.61 Å². The summed E-state index contributed by atoms with van der Waals surface area (Å²) < 4.78 is 5.99. The number of hydrogen-bond donors (Lipinski definition) is 0. The molecular weight excluding hydrogens is 348 g/mol. The summed E-state index contributed by atoms with van der Waals surface area (Å²) in [5.41, 5.74) is 2.77. The zero-order valence-electron chi connectivity index (χ0n) is 16.0. The van der Waals surface area contributed by atoms with E-state index in [-0.39, 0.29) is 0 Å². The lowest BCUT2D eigenvalue weighted by Gasteiger charge is -2.26. The molecule has 2 aromatic heterocycles. The summed E-state index contributed by atoms with van der Waals surface area (Å²) >= 11 is 0. The van der Waals surface area contributed by atoms with E-state index in [4.69, 9.17) is 4.74 Å². The van der Waals surface area contributed by atoms with E-state index in [2.05, 4.69) is 31.7 Å². The normalized spacial score (nSPS) is 14.4. The van der Waals surface area contributed by atoms with E-state index >= 15 is 0 Å². The molecule has 0 bridgehead atoms. The minimum absolute atomic E-state index is 0.488. The molecule has 0 N–H and O–H groups in total. The zero-order valence-corrected chi connectivity index (χ0v) is 16.0. The fourth-order valence-electron chi connectivity index (χ4n) is 3.35. The van der Waals surface area contributed by atoms with Crippen LogP contribution in [-0.2, 0) is 0 Å². The minimum Gasteiger partial charge on any atom is -0.476 e. The molecule has 3 aromatic rings. The maximum Gasteiger partial charge on any atom is 0.249 e. The van der Waals surface area contributed by atoms with E-state index in [0.29, 0.717) is 23.8 Å². The van der Waals surface area contributed by atoms with Gasteiger partial charge in [0.25, 0.3) is 0 Å². The summed E-state index contributed by atoms with van der Waals surface area (Å²) in [4.78, 5) is 16.0. The summed E-state index contributed by atoms with van der Waals surface area (Å²) in [5.74, 6) is 6.74. The molecule has 5 heteroatoms. The topological polar surface area (TPSA) is 51.1 Å². The van der Waals surface area contributed by atoms with Crippen LogP contribution in [0.15, 0.2) is 48.7 Å². The lowest BCUT2D eigenvalue weighted by atomic mass is 10.1. The molecule has 5 nitrogen and oxygen atoms in total. The van der Waals surface area contributed by atoms with Crippen molar-refractivity contribution in [2.75, 3.05) is 26.2 Å². The number of hydrogen-bond acceptors (Lipinski definition) is 5. The molecule has 0 amide bonds. The Labute approximate surface area is 165 Å². The van der Waals surface area contributed by atoms with Gasteiger partial charge in [-0.3, -0.25) is 0 Å². The number of aromatic nitrogens is 3. The fourth-order valence-corrected chi connectivity index (χ4v) is 3.35. The molecule has 1 aromatic carbocycles. The van der Waals surface area contributed by atoms with Gasteiger partial charge in [-0.25, -0.2) is 15.0 Å². The molecule has 0 unspecified atom stereocenters. The van der Waals surface area contributed by atoms with Gasteiger partial charge < -0.3 is 9.64 Å². The zero-order chi connectivity index (χ0) is 19.0. The lowest BCUT2D eigenvalue weighted by molar-refractivity contribution is 0.203. The molecule has 28 heavy (non-hydrogen) atoms. The quantitative estimate of drug-likeness (QED) is 0.505. The summed E-state index contributed by atoms with van der Waals surface area (Å²) in [5, 5.41) is 0. The molecular formula is C23H24N4O. The van der Waals surface area contributed by atoms with Gasteiger partial charge in [-0.05, 0) is 62.5 Å². The van der Waals surface area contributed by atoms with Crippen LogP contribution in [0, 0.1) is 11.8 Å². The van der Waals surface area contributed by atoms with Crippen molar-refractivity contribution in [2.45, 2.75) is 25.7 Å². The van der Waals surface area contributed by atoms with Crippen molar-refractivity contribution in [3.8, 4) is 17.7 Å². The van der Waals surface area contributed by atoms with Crippen molar-refractivity contribution in [1.29, 1.82) is 0 Å². The summed E-state index contributed by atoms with van der Waals surface area (Å²) in [6, 6.07) is 13.6. The largest absolute Gasteiger partial charge is 0.476 e. The van der Waals surface area contributed by atoms with E-state index in [1.165, 1.54) is 32.4 Å². The monoisotopic (exact) mass is 372 g/mol. The third-order valence-corrected chi connectivity index (χ3v) is 4.81. The van der Waals surface area contributed by atoms with E-state index < -0.39 is 0 Å². The molecule has 0 radical (unpaired) electrons. The molecule has 1 aliphatic heterocycles. The highest BCUT2D eigenvalue weighted by molar-refractivity contribution is 5.71. The molecule has 1 fully saturated rings. The summed E-state index contributed by atoms with van der Waals surface area (Å²) in [6.45, 7) is 4.08. The third kappa shape index (κ3) is 4.85. The van der Waals surface area contributed by atoms with Gasteiger partial charge in [0.2, 0.25) is 5.88 Å². The highest BCUT2D eigenvalue weighted by Crippen LogP contribution is 2.17. The molecule has 0 saturated carbocycles. The number of fused-ring (bicyclic) bond motifs is 1. The van der Waals surface area contributed by atoms with Gasteiger partial charge >= 0.3 is 0 Å². The van der Waals surface area contributed by atoms with Crippen LogP contribution in [0.3, 0.4) is 0 Å². The average molecular weight is 372 g/mol. The number of pyridine rings is 1. The molecule has 142 valence electrons. The maximum absolute atomic E-state index is 5.99. The van der Waals surface area contributed by atoms with E-state index in [1.54, 1.807) is 6.20 Å². The Morgan fingerprint density at radius 1 is 0.929 bits per heavy atom. The van der Waals surface area contributed by atoms with Crippen LogP contribution in [0.25, 0.3) is 11.2 Å². The van der Waals surface area contributed by atoms with Gasteiger partial charge in [-0.15, -0.1) is 0 Å². The summed E-state index contributed by atoms with van der Waals surface area (Å²) in [7, 11) is 0. The molecule has 4 rings (SSSR count). The van der Waals surface area contributed by atoms with Crippen molar-refractivity contribution in [1.82, 2.24) is 19.9 Å². The van der Waals surface area contributed by atoms with Crippen molar-refractivity contribution in [3.63, 3.8) is 0 Å². The minimum atomic E-state index is 0.488. The van der Waals surface area contributed by atoms with Crippen LogP contribution in [-0.4, -0.2) is 46.1 Å². The molecule has 1 saturated heterocycles. The highest BCUT2D eigenvalue weighted by Gasteiger charge is 2.11. The van der Waals surface area contributed by atoms with E-state index in [0.717, 1.165) is 24.0 Å². The smallest absolute Gasteiger partial charge is 0.249 e. The first kappa shape index (κ1) is 18.4. The lowest BCUT2D eigenvalue weighted by Crippen LogP contribution is -2.31. The molecule has 0 aliphatic carbocycles. The Morgan fingerprint density at radius 2 is 1.79 bits per heavy atom. The van der Waals surface area contributed by atoms with Gasteiger partial charge in [0.1, 0.15) is 5.52 Å². The predicted molar refractivity (Wildman–Crippen MR) is 110 cm³/mol. The van der Waals surface area contributed by atoms with Gasteiger partial charge in [-0.2, -0.15) is 0 Å². The number of rotatable bonds is 5. The Hall–Kier alpha value is -2.97. The SMILES string of the molecule is C(#Cc1nc2ncccc2nc1OCCCN1CCCCC1)c1ccccc1. The van der Waals surface area contributed by atoms with E-state index in [9.17, 15) is 0 Å². The first-order chi connectivity index (χ1) is 13.9. The number of nitrogens with zero attached hydrogens (tertiary/aromatic N) is 4. The maximum atomic E-state index is 5.99. The number of benzene rings is 1. The predicted octanol–water partition coefficient (Wildman–Crippen LogP) is 3.68. The van der Waals surface area contributed by atoms with Crippen LogP contribution in [0.2, 0.25) is 0 Å². The van der Waals surface area contributed by atoms with Gasteiger partial charge in [0.15, 0.2) is 11.3 Å². The second kappa shape index (κ2) is 9.29. The highest BCUT2D eigenvalue weighted by atomic mass is 16.5. The Bertz CT molecular complexity index is 972. The number of ether oxygens (including phenoxy) is 1. The molecule has 0 spiro atoms. The van der Waals surface area contributed by atoms with Crippen LogP contribution >= 0.6 is 0 Å². The third-order valence-electron chi connectivity index (χ3n) is 4.81. The van der Waals surface area contributed by atoms with Crippen molar-refractivity contribution in [3.05, 3.63) is 59.9 Å². The van der Waals surface area contributed by atoms with Crippen LogP contribution in [0.1, 0.15) is 36.9 Å². The molecule has 3 heterocycles. The number of likely N-dealkylation sites (tertiary alicyclic amines) is 1. The first-order valence-electron chi connectivity index (χ1n) is 9.93.